The summed E-state index contributed by atoms with van der Waals surface area (Å²) in [5.41, 5.74) is 8.07. The van der Waals surface area contributed by atoms with Crippen LogP contribution in [0.2, 0.25) is 0 Å². The lowest BCUT2D eigenvalue weighted by Gasteiger charge is -2.03. The summed E-state index contributed by atoms with van der Waals surface area (Å²) in [4.78, 5) is 8.52. The first-order valence-electron chi connectivity index (χ1n) is 4.52. The highest BCUT2D eigenvalue weighted by Crippen LogP contribution is 2.20. The van der Waals surface area contributed by atoms with Gasteiger partial charge in [0.05, 0.1) is 17.6 Å². The van der Waals surface area contributed by atoms with Crippen LogP contribution in [0.4, 0.5) is 5.69 Å². The topological polar surface area (TPSA) is 51.8 Å². The fourth-order valence-electron chi connectivity index (χ4n) is 1.24. The molecule has 0 fully saturated rings. The summed E-state index contributed by atoms with van der Waals surface area (Å²) in [6.07, 6.45) is 1.64. The minimum Gasteiger partial charge on any atom is -0.396 e. The first-order chi connectivity index (χ1) is 7.16. The maximum Gasteiger partial charge on any atom is 0.159 e. The summed E-state index contributed by atoms with van der Waals surface area (Å²) in [6.45, 7) is 1.87. The Balaban J connectivity index is 2.50. The standard InChI is InChI=1S/C11H10BrN3/c1-7-10(13)6-14-11(15-7)8-3-2-4-9(12)5-8/h2-6H,13H2,1H3. The zero-order chi connectivity index (χ0) is 10.8. The molecular formula is C11H10BrN3. The van der Waals surface area contributed by atoms with E-state index < -0.39 is 0 Å². The number of rotatable bonds is 1. The van der Waals surface area contributed by atoms with Crippen molar-refractivity contribution in [3.05, 3.63) is 40.6 Å². The van der Waals surface area contributed by atoms with Crippen molar-refractivity contribution in [2.45, 2.75) is 6.92 Å². The Labute approximate surface area is 96.5 Å². The average Bonchev–Trinajstić information content (AvgIpc) is 2.22. The molecule has 0 aliphatic rings. The molecule has 1 aromatic heterocycles. The van der Waals surface area contributed by atoms with Gasteiger partial charge in [0.1, 0.15) is 0 Å². The molecule has 76 valence electrons. The van der Waals surface area contributed by atoms with Crippen LogP contribution in [0.15, 0.2) is 34.9 Å². The zero-order valence-electron chi connectivity index (χ0n) is 8.24. The monoisotopic (exact) mass is 263 g/mol. The summed E-state index contributed by atoms with van der Waals surface area (Å²) >= 11 is 3.41. The van der Waals surface area contributed by atoms with Crippen LogP contribution < -0.4 is 5.73 Å². The fraction of sp³-hybridized carbons (Fsp3) is 0.0909. The van der Waals surface area contributed by atoms with Crippen molar-refractivity contribution in [1.82, 2.24) is 9.97 Å². The Bertz CT molecular complexity index is 497. The van der Waals surface area contributed by atoms with Gasteiger partial charge in [-0.05, 0) is 19.1 Å². The minimum absolute atomic E-state index is 0.619. The van der Waals surface area contributed by atoms with Gasteiger partial charge in [0.2, 0.25) is 0 Å². The molecule has 15 heavy (non-hydrogen) atoms. The molecule has 1 heterocycles. The molecule has 0 aliphatic carbocycles. The number of aryl methyl sites for hydroxylation is 1. The van der Waals surface area contributed by atoms with E-state index in [4.69, 9.17) is 5.73 Å². The first kappa shape index (κ1) is 10.1. The van der Waals surface area contributed by atoms with Crippen LogP contribution in [0.3, 0.4) is 0 Å². The van der Waals surface area contributed by atoms with E-state index in [1.165, 1.54) is 0 Å². The van der Waals surface area contributed by atoms with E-state index in [0.29, 0.717) is 11.5 Å². The molecule has 0 atom stereocenters. The van der Waals surface area contributed by atoms with Gasteiger partial charge >= 0.3 is 0 Å². The predicted molar refractivity (Wildman–Crippen MR) is 64.3 cm³/mol. The molecule has 2 aromatic rings. The highest BCUT2D eigenvalue weighted by atomic mass is 79.9. The van der Waals surface area contributed by atoms with Gasteiger partial charge in [-0.15, -0.1) is 0 Å². The third-order valence-corrected chi connectivity index (χ3v) is 2.59. The number of benzene rings is 1. The van der Waals surface area contributed by atoms with Gasteiger partial charge in [-0.25, -0.2) is 9.97 Å². The highest BCUT2D eigenvalue weighted by Gasteiger charge is 2.03. The number of nitrogen functional groups attached to an aromatic ring is 1. The average molecular weight is 264 g/mol. The fourth-order valence-corrected chi connectivity index (χ4v) is 1.64. The Morgan fingerprint density at radius 3 is 2.80 bits per heavy atom. The molecule has 0 unspecified atom stereocenters. The number of aromatic nitrogens is 2. The summed E-state index contributed by atoms with van der Waals surface area (Å²) in [5.74, 6) is 0.697. The Hall–Kier alpha value is -1.42. The molecular weight excluding hydrogens is 254 g/mol. The van der Waals surface area contributed by atoms with E-state index in [1.54, 1.807) is 6.20 Å². The van der Waals surface area contributed by atoms with Crippen LogP contribution in [0.25, 0.3) is 11.4 Å². The molecule has 0 bridgehead atoms. The Kier molecular flexibility index (Phi) is 2.68. The molecule has 3 nitrogen and oxygen atoms in total. The van der Waals surface area contributed by atoms with Crippen LogP contribution in [-0.4, -0.2) is 9.97 Å². The Morgan fingerprint density at radius 2 is 2.13 bits per heavy atom. The van der Waals surface area contributed by atoms with Crippen LogP contribution in [0.5, 0.6) is 0 Å². The lowest BCUT2D eigenvalue weighted by Crippen LogP contribution is -1.97. The van der Waals surface area contributed by atoms with Crippen LogP contribution >= 0.6 is 15.9 Å². The number of halogens is 1. The van der Waals surface area contributed by atoms with Crippen LogP contribution in [0, 0.1) is 6.92 Å². The number of nitrogens with two attached hydrogens (primary N) is 1. The van der Waals surface area contributed by atoms with Gasteiger partial charge in [0, 0.05) is 10.0 Å². The molecule has 2 N–H and O–H groups in total. The lowest BCUT2D eigenvalue weighted by atomic mass is 10.2. The summed E-state index contributed by atoms with van der Waals surface area (Å²) < 4.78 is 1.01. The largest absolute Gasteiger partial charge is 0.396 e. The maximum absolute atomic E-state index is 5.66. The first-order valence-corrected chi connectivity index (χ1v) is 5.31. The van der Waals surface area contributed by atoms with Gasteiger partial charge in [-0.3, -0.25) is 0 Å². The maximum atomic E-state index is 5.66. The SMILES string of the molecule is Cc1nc(-c2cccc(Br)c2)ncc1N. The van der Waals surface area contributed by atoms with Gasteiger partial charge in [0.15, 0.2) is 5.82 Å². The summed E-state index contributed by atoms with van der Waals surface area (Å²) in [7, 11) is 0. The number of anilines is 1. The zero-order valence-corrected chi connectivity index (χ0v) is 9.82. The van der Waals surface area contributed by atoms with Crippen molar-refractivity contribution < 1.29 is 0 Å². The van der Waals surface area contributed by atoms with Crippen molar-refractivity contribution in [3.63, 3.8) is 0 Å². The summed E-state index contributed by atoms with van der Waals surface area (Å²) in [5, 5.41) is 0. The third kappa shape index (κ3) is 2.15. The van der Waals surface area contributed by atoms with Crippen LogP contribution in [0.1, 0.15) is 5.69 Å². The van der Waals surface area contributed by atoms with E-state index in [9.17, 15) is 0 Å². The van der Waals surface area contributed by atoms with Crippen molar-refractivity contribution in [2.24, 2.45) is 0 Å². The smallest absolute Gasteiger partial charge is 0.159 e. The van der Waals surface area contributed by atoms with Gasteiger partial charge in [0.25, 0.3) is 0 Å². The molecule has 0 saturated carbocycles. The molecule has 0 radical (unpaired) electrons. The van der Waals surface area contributed by atoms with Gasteiger partial charge < -0.3 is 5.73 Å². The molecule has 2 rings (SSSR count). The van der Waals surface area contributed by atoms with E-state index in [2.05, 4.69) is 25.9 Å². The molecule has 0 spiro atoms. The number of hydrogen-bond donors (Lipinski definition) is 1. The summed E-state index contributed by atoms with van der Waals surface area (Å²) in [6, 6.07) is 7.86. The molecule has 0 saturated heterocycles. The second-order valence-corrected chi connectivity index (χ2v) is 4.16. The molecule has 0 aliphatic heterocycles. The number of hydrogen-bond acceptors (Lipinski definition) is 3. The number of nitrogens with zero attached hydrogens (tertiary/aromatic N) is 2. The van der Waals surface area contributed by atoms with E-state index in [1.807, 2.05) is 31.2 Å². The lowest BCUT2D eigenvalue weighted by molar-refractivity contribution is 1.12. The van der Waals surface area contributed by atoms with E-state index in [-0.39, 0.29) is 0 Å². The molecule has 4 heteroatoms. The Morgan fingerprint density at radius 1 is 1.33 bits per heavy atom. The van der Waals surface area contributed by atoms with Crippen molar-refractivity contribution in [3.8, 4) is 11.4 Å². The third-order valence-electron chi connectivity index (χ3n) is 2.10. The highest BCUT2D eigenvalue weighted by molar-refractivity contribution is 9.10. The van der Waals surface area contributed by atoms with Gasteiger partial charge in [-0.1, -0.05) is 28.1 Å². The second kappa shape index (κ2) is 3.98. The molecule has 1 aromatic carbocycles. The second-order valence-electron chi connectivity index (χ2n) is 3.24. The minimum atomic E-state index is 0.619. The quantitative estimate of drug-likeness (QED) is 0.861. The molecule has 0 amide bonds. The van der Waals surface area contributed by atoms with Crippen molar-refractivity contribution in [1.29, 1.82) is 0 Å². The van der Waals surface area contributed by atoms with Gasteiger partial charge in [-0.2, -0.15) is 0 Å². The predicted octanol–water partition coefficient (Wildman–Crippen LogP) is 2.80. The van der Waals surface area contributed by atoms with E-state index in [0.717, 1.165) is 15.7 Å². The van der Waals surface area contributed by atoms with E-state index >= 15 is 0 Å². The van der Waals surface area contributed by atoms with Crippen molar-refractivity contribution in [2.75, 3.05) is 5.73 Å². The van der Waals surface area contributed by atoms with Crippen LogP contribution in [-0.2, 0) is 0 Å². The van der Waals surface area contributed by atoms with Crippen molar-refractivity contribution >= 4 is 21.6 Å². The normalized spacial score (nSPS) is 10.3.